The maximum Gasteiger partial charge on any atom is 0.232 e. The summed E-state index contributed by atoms with van der Waals surface area (Å²) in [6, 6.07) is 0. The van der Waals surface area contributed by atoms with E-state index in [2.05, 4.69) is 0 Å². The van der Waals surface area contributed by atoms with Gasteiger partial charge < -0.3 is 0 Å². The highest BCUT2D eigenvalue weighted by molar-refractivity contribution is 8.14. The largest absolute Gasteiger partial charge is 0.280 e. The summed E-state index contributed by atoms with van der Waals surface area (Å²) in [4.78, 5) is 12.7. The van der Waals surface area contributed by atoms with E-state index >= 15 is 0 Å². The molecule has 0 saturated heterocycles. The van der Waals surface area contributed by atoms with Gasteiger partial charge in [0.05, 0.1) is 44.4 Å². The molecule has 0 aromatic heterocycles. The minimum Gasteiger partial charge on any atom is -0.280 e. The Bertz CT molecular complexity index is 847. The molecular weight excluding hydrogens is 603 g/mol. The third kappa shape index (κ3) is 6.84. The molecule has 0 heterocycles. The van der Waals surface area contributed by atoms with Crippen LogP contribution >= 0.6 is 128 Å². The quantitative estimate of drug-likeness (QED) is 0.108. The molecule has 1 aromatic rings. The molecule has 2 rings (SSSR count). The topological polar surface area (TPSA) is 17.1 Å². The van der Waals surface area contributed by atoms with E-state index < -0.39 is 0 Å². The Labute approximate surface area is 222 Å². The van der Waals surface area contributed by atoms with Crippen molar-refractivity contribution in [2.75, 3.05) is 0 Å². The fraction of sp³-hybridized carbons (Fsp3) is 0.353. The van der Waals surface area contributed by atoms with E-state index in [9.17, 15) is 4.79 Å². The molecule has 1 nitrogen and oxygen atoms in total. The van der Waals surface area contributed by atoms with Crippen LogP contribution in [0, 0.1) is 0 Å². The van der Waals surface area contributed by atoms with Gasteiger partial charge in [0, 0.05) is 5.25 Å². The summed E-state index contributed by atoms with van der Waals surface area (Å²) in [7, 11) is 0. The van der Waals surface area contributed by atoms with Crippen LogP contribution in [0.3, 0.4) is 0 Å². The van der Waals surface area contributed by atoms with E-state index in [1.807, 2.05) is 0 Å². The van der Waals surface area contributed by atoms with Gasteiger partial charge in [-0.3, -0.25) is 4.79 Å². The first kappa shape index (κ1) is 26.9. The number of thioether (sulfide) groups is 2. The summed E-state index contributed by atoms with van der Waals surface area (Å²) in [5.41, 5.74) is 0. The van der Waals surface area contributed by atoms with Crippen molar-refractivity contribution in [3.05, 3.63) is 44.6 Å². The van der Waals surface area contributed by atoms with Crippen LogP contribution in [0.5, 0.6) is 0 Å². The van der Waals surface area contributed by atoms with Crippen molar-refractivity contribution in [1.82, 2.24) is 0 Å². The second-order valence-corrected chi connectivity index (χ2v) is 11.8. The smallest absolute Gasteiger partial charge is 0.232 e. The van der Waals surface area contributed by atoms with Crippen LogP contribution in [0.25, 0.3) is 0 Å². The van der Waals surface area contributed by atoms with Crippen LogP contribution in [-0.4, -0.2) is 10.4 Å². The highest BCUT2D eigenvalue weighted by Gasteiger charge is 2.25. The first-order chi connectivity index (χ1) is 13.6. The van der Waals surface area contributed by atoms with E-state index in [1.165, 1.54) is 6.42 Å². The zero-order valence-electron chi connectivity index (χ0n) is 14.2. The lowest BCUT2D eigenvalue weighted by molar-refractivity contribution is -0.107. The van der Waals surface area contributed by atoms with Crippen LogP contribution in [0.4, 0.5) is 0 Å². The Kier molecular flexibility index (Phi) is 11.4. The van der Waals surface area contributed by atoms with Crippen molar-refractivity contribution in [3.8, 4) is 0 Å². The molecule has 1 saturated carbocycles. The normalized spacial score (nSPS) is 17.1. The zero-order valence-corrected chi connectivity index (χ0v) is 22.7. The minimum atomic E-state index is -0.357. The number of benzene rings is 1. The molecule has 1 aliphatic carbocycles. The summed E-state index contributed by atoms with van der Waals surface area (Å²) in [6.07, 6.45) is 5.30. The lowest BCUT2D eigenvalue weighted by Crippen LogP contribution is -2.11. The number of carbonyl (C=O) groups excluding carboxylic acids is 1. The Morgan fingerprint density at radius 3 is 1.69 bits per heavy atom. The number of allylic oxidation sites excluding steroid dienone is 2. The van der Waals surface area contributed by atoms with Crippen LogP contribution in [0.1, 0.15) is 32.1 Å². The predicted molar refractivity (Wildman–Crippen MR) is 134 cm³/mol. The maximum absolute atomic E-state index is 12.4. The Balaban J connectivity index is 2.27. The number of hydrogen-bond donors (Lipinski definition) is 0. The van der Waals surface area contributed by atoms with Crippen molar-refractivity contribution < 1.29 is 4.79 Å². The van der Waals surface area contributed by atoms with Gasteiger partial charge >= 0.3 is 0 Å². The lowest BCUT2D eigenvalue weighted by atomic mass is 10.0. The van der Waals surface area contributed by atoms with Gasteiger partial charge in [0.25, 0.3) is 0 Å². The van der Waals surface area contributed by atoms with Gasteiger partial charge in [-0.15, -0.1) is 0 Å². The summed E-state index contributed by atoms with van der Waals surface area (Å²) in [5, 5.41) is -0.479. The van der Waals surface area contributed by atoms with Crippen LogP contribution in [-0.2, 0) is 4.79 Å². The minimum absolute atomic E-state index is 0.0181. The van der Waals surface area contributed by atoms with Gasteiger partial charge in [0.1, 0.15) is 5.03 Å². The Morgan fingerprint density at radius 2 is 1.17 bits per heavy atom. The van der Waals surface area contributed by atoms with Gasteiger partial charge in [-0.1, -0.05) is 147 Å². The molecule has 0 unspecified atom stereocenters. The average Bonchev–Trinajstić information content (AvgIpc) is 2.72. The number of carbonyl (C=O) groups is 1. The molecule has 0 aliphatic heterocycles. The van der Waals surface area contributed by atoms with E-state index in [4.69, 9.17) is 104 Å². The van der Waals surface area contributed by atoms with Crippen molar-refractivity contribution in [2.45, 2.75) is 42.2 Å². The molecule has 160 valence electrons. The fourth-order valence-corrected chi connectivity index (χ4v) is 6.93. The van der Waals surface area contributed by atoms with E-state index in [0.717, 1.165) is 49.2 Å². The van der Waals surface area contributed by atoms with Gasteiger partial charge in [-0.25, -0.2) is 0 Å². The Morgan fingerprint density at radius 1 is 0.690 bits per heavy atom. The van der Waals surface area contributed by atoms with Gasteiger partial charge in [0.15, 0.2) is 0 Å². The molecule has 1 aliphatic rings. The predicted octanol–water partition coefficient (Wildman–Crippen LogP) is 11.0. The third-order valence-electron chi connectivity index (χ3n) is 3.92. The van der Waals surface area contributed by atoms with Gasteiger partial charge in [-0.05, 0) is 12.8 Å². The van der Waals surface area contributed by atoms with Crippen molar-refractivity contribution in [1.29, 1.82) is 0 Å². The Hall–Kier alpha value is 1.68. The number of halogens is 9. The molecule has 0 radical (unpaired) electrons. The highest BCUT2D eigenvalue weighted by atomic mass is 35.5. The monoisotopic (exact) mass is 610 g/mol. The molecule has 29 heavy (non-hydrogen) atoms. The molecule has 12 heteroatoms. The molecule has 0 N–H and O–H groups in total. The first-order valence-electron chi connectivity index (χ1n) is 8.07. The first-order valence-corrected chi connectivity index (χ1v) is 13.2. The molecule has 1 aromatic carbocycles. The van der Waals surface area contributed by atoms with Crippen molar-refractivity contribution >= 4 is 133 Å². The van der Waals surface area contributed by atoms with Crippen molar-refractivity contribution in [3.63, 3.8) is 0 Å². The van der Waals surface area contributed by atoms with E-state index in [1.54, 1.807) is 0 Å². The van der Waals surface area contributed by atoms with E-state index in [0.29, 0.717) is 0 Å². The van der Waals surface area contributed by atoms with Gasteiger partial charge in [0.2, 0.25) is 5.12 Å². The average molecular weight is 614 g/mol. The van der Waals surface area contributed by atoms with Crippen molar-refractivity contribution in [2.24, 2.45) is 0 Å². The summed E-state index contributed by atoms with van der Waals surface area (Å²) >= 11 is 57.4. The lowest BCUT2D eigenvalue weighted by Gasteiger charge is -2.19. The van der Waals surface area contributed by atoms with Gasteiger partial charge in [-0.2, -0.15) is 0 Å². The second-order valence-electron chi connectivity index (χ2n) is 5.88. The number of rotatable bonds is 5. The molecule has 0 amide bonds. The molecule has 0 spiro atoms. The van der Waals surface area contributed by atoms with Crippen LogP contribution < -0.4 is 0 Å². The summed E-state index contributed by atoms with van der Waals surface area (Å²) < 4.78 is -0.0245. The molecular formula is C17H11Cl9OS2. The SMILES string of the molecule is O=C(SC1CCCCC1)/C(Cl)=C(Cl)\C(Cl)=C(\Cl)Sc1c(Cl)c(Cl)c(Cl)c(Cl)c1Cl. The summed E-state index contributed by atoms with van der Waals surface area (Å²) in [5.74, 6) is 0. The molecule has 0 atom stereocenters. The highest BCUT2D eigenvalue weighted by Crippen LogP contribution is 2.51. The molecule has 1 fully saturated rings. The zero-order chi connectivity index (χ0) is 21.9. The summed E-state index contributed by atoms with van der Waals surface area (Å²) in [6.45, 7) is 0. The third-order valence-corrected chi connectivity index (χ3v) is 10.7. The number of hydrogen-bond acceptors (Lipinski definition) is 3. The maximum atomic E-state index is 12.4. The standard InChI is InChI=1S/C17H11Cl9OS2/c18-7-8(19)11(22)15(12(23)9(7)20)29-16(26)13(24)10(21)14(25)17(27)28-6-4-2-1-3-5-6/h6H,1-5H2/b14-10-,16-13+. The van der Waals surface area contributed by atoms with Crippen LogP contribution in [0.15, 0.2) is 24.4 Å². The second kappa shape index (κ2) is 12.2. The van der Waals surface area contributed by atoms with E-state index in [-0.39, 0.29) is 59.8 Å². The molecule has 0 bridgehead atoms. The fourth-order valence-electron chi connectivity index (χ4n) is 2.47. The van der Waals surface area contributed by atoms with Crippen LogP contribution in [0.2, 0.25) is 25.1 Å².